The number of hydrogen-bond donors (Lipinski definition) is 1. The Balaban J connectivity index is 1.48. The fraction of sp³-hybridized carbons (Fsp3) is 0.536. The minimum absolute atomic E-state index is 0.0138. The van der Waals surface area contributed by atoms with Gasteiger partial charge >= 0.3 is 18.4 Å². The summed E-state index contributed by atoms with van der Waals surface area (Å²) in [5.74, 6) is 0.427. The van der Waals surface area contributed by atoms with Crippen molar-refractivity contribution in [3.05, 3.63) is 70.8 Å². The number of rotatable bonds is 6. The molecule has 4 rings (SSSR count). The summed E-state index contributed by atoms with van der Waals surface area (Å²) >= 11 is 0. The van der Waals surface area contributed by atoms with Crippen molar-refractivity contribution in [2.75, 3.05) is 26.2 Å². The number of alkyl halides is 6. The predicted octanol–water partition coefficient (Wildman–Crippen LogP) is 6.93. The molecule has 0 radical (unpaired) electrons. The molecule has 2 aromatic rings. The van der Waals surface area contributed by atoms with Gasteiger partial charge in [-0.3, -0.25) is 0 Å². The lowest BCUT2D eigenvalue weighted by atomic mass is 9.82. The highest BCUT2D eigenvalue weighted by Crippen LogP contribution is 2.39. The van der Waals surface area contributed by atoms with Gasteiger partial charge in [0.1, 0.15) is 6.10 Å². The summed E-state index contributed by atoms with van der Waals surface area (Å²) in [7, 11) is 0. The van der Waals surface area contributed by atoms with Gasteiger partial charge in [0, 0.05) is 19.6 Å². The molecule has 11 heteroatoms. The number of benzene rings is 2. The highest BCUT2D eigenvalue weighted by atomic mass is 19.4. The van der Waals surface area contributed by atoms with E-state index < -0.39 is 35.1 Å². The number of nitrogens with one attached hydrogen (secondary N) is 1. The van der Waals surface area contributed by atoms with Gasteiger partial charge in [0.2, 0.25) is 0 Å². The zero-order valence-electron chi connectivity index (χ0n) is 21.7. The normalized spacial score (nSPS) is 25.0. The molecule has 0 aromatic heterocycles. The van der Waals surface area contributed by atoms with Crippen molar-refractivity contribution in [3.8, 4) is 0 Å². The van der Waals surface area contributed by atoms with Crippen LogP contribution in [0.25, 0.3) is 0 Å². The van der Waals surface area contributed by atoms with E-state index in [0.29, 0.717) is 50.5 Å². The third kappa shape index (κ3) is 7.05. The topological polar surface area (TPSA) is 50.8 Å². The average Bonchev–Trinajstić information content (AvgIpc) is 3.34. The summed E-state index contributed by atoms with van der Waals surface area (Å²) in [4.78, 5) is 14.2. The van der Waals surface area contributed by atoms with Crippen LogP contribution in [0.4, 0.5) is 31.1 Å². The standard InChI is InChI=1S/C28H32F6N2O3/c1-18-9-11-36(16-18)25(37)39-24-8-10-26(35-15-24,21-6-4-3-5-7-21)17-38-19(2)20-12-22(27(29,30)31)14-23(13-20)28(32,33)34/h3-7,12-14,18-19,24,35H,8-11,15-17H2,1-2H3/t18?,19?,24?,26-/m1/s1. The maximum atomic E-state index is 13.3. The number of amides is 1. The molecule has 214 valence electrons. The summed E-state index contributed by atoms with van der Waals surface area (Å²) in [6.07, 6.45) is -9.74. The molecule has 2 aromatic carbocycles. The molecule has 2 heterocycles. The van der Waals surface area contributed by atoms with Crippen molar-refractivity contribution in [1.29, 1.82) is 0 Å². The first kappa shape index (κ1) is 29.2. The third-order valence-electron chi connectivity index (χ3n) is 7.50. The van der Waals surface area contributed by atoms with E-state index in [1.807, 2.05) is 30.3 Å². The van der Waals surface area contributed by atoms with Crippen LogP contribution in [0.2, 0.25) is 0 Å². The fourth-order valence-corrected chi connectivity index (χ4v) is 5.11. The van der Waals surface area contributed by atoms with E-state index in [1.165, 1.54) is 6.92 Å². The molecule has 2 aliphatic heterocycles. The van der Waals surface area contributed by atoms with Crippen molar-refractivity contribution < 1.29 is 40.6 Å². The van der Waals surface area contributed by atoms with Gasteiger partial charge < -0.3 is 19.7 Å². The molecular weight excluding hydrogens is 526 g/mol. The second-order valence-electron chi connectivity index (χ2n) is 10.5. The molecule has 2 fully saturated rings. The number of likely N-dealkylation sites (tertiary alicyclic amines) is 1. The largest absolute Gasteiger partial charge is 0.445 e. The van der Waals surface area contributed by atoms with E-state index >= 15 is 0 Å². The zero-order valence-corrected chi connectivity index (χ0v) is 21.7. The summed E-state index contributed by atoms with van der Waals surface area (Å²) in [5, 5.41) is 3.40. The SMILES string of the molecule is CC1CCN(C(=O)OC2CC[C@@](COC(C)c3cc(C(F)(F)F)cc(C(F)(F)F)c3)(c3ccccc3)NC2)C1. The van der Waals surface area contributed by atoms with Gasteiger partial charge in [-0.05, 0) is 61.4 Å². The van der Waals surface area contributed by atoms with Crippen LogP contribution in [0, 0.1) is 5.92 Å². The highest BCUT2D eigenvalue weighted by Gasteiger charge is 2.40. The maximum Gasteiger partial charge on any atom is 0.416 e. The number of carbonyl (C=O) groups excluding carboxylic acids is 1. The molecule has 2 aliphatic rings. The number of ether oxygens (including phenoxy) is 2. The van der Waals surface area contributed by atoms with E-state index in [0.717, 1.165) is 12.0 Å². The van der Waals surface area contributed by atoms with Gasteiger partial charge in [0.05, 0.1) is 29.4 Å². The van der Waals surface area contributed by atoms with E-state index in [1.54, 1.807) is 4.90 Å². The van der Waals surface area contributed by atoms with Crippen molar-refractivity contribution in [1.82, 2.24) is 10.2 Å². The van der Waals surface area contributed by atoms with Gasteiger partial charge in [0.15, 0.2) is 0 Å². The summed E-state index contributed by atoms with van der Waals surface area (Å²) in [6.45, 7) is 5.13. The Hall–Kier alpha value is -2.79. The average molecular weight is 559 g/mol. The molecule has 1 amide bonds. The monoisotopic (exact) mass is 558 g/mol. The minimum atomic E-state index is -4.94. The number of halogens is 6. The molecule has 1 N–H and O–H groups in total. The second-order valence-corrected chi connectivity index (χ2v) is 10.5. The Kier molecular flexibility index (Phi) is 8.51. The van der Waals surface area contributed by atoms with Gasteiger partial charge in [-0.25, -0.2) is 4.79 Å². The second kappa shape index (κ2) is 11.4. The van der Waals surface area contributed by atoms with Crippen molar-refractivity contribution in [3.63, 3.8) is 0 Å². The van der Waals surface area contributed by atoms with Crippen molar-refractivity contribution >= 4 is 6.09 Å². The molecule has 2 saturated heterocycles. The van der Waals surface area contributed by atoms with E-state index in [4.69, 9.17) is 9.47 Å². The Morgan fingerprint density at radius 1 is 1.05 bits per heavy atom. The number of piperidine rings is 1. The molecule has 0 saturated carbocycles. The smallest absolute Gasteiger partial charge is 0.416 e. The van der Waals surface area contributed by atoms with Crippen molar-refractivity contribution in [2.45, 2.75) is 63.2 Å². The first-order chi connectivity index (χ1) is 18.3. The summed E-state index contributed by atoms with van der Waals surface area (Å²) in [6, 6.07) is 10.8. The third-order valence-corrected chi connectivity index (χ3v) is 7.50. The van der Waals surface area contributed by atoms with Crippen LogP contribution < -0.4 is 5.32 Å². The number of carbonyl (C=O) groups is 1. The minimum Gasteiger partial charge on any atom is -0.445 e. The Morgan fingerprint density at radius 3 is 2.21 bits per heavy atom. The predicted molar refractivity (Wildman–Crippen MR) is 132 cm³/mol. The van der Waals surface area contributed by atoms with E-state index in [2.05, 4.69) is 12.2 Å². The van der Waals surface area contributed by atoms with Gasteiger partial charge in [-0.1, -0.05) is 37.3 Å². The lowest BCUT2D eigenvalue weighted by Crippen LogP contribution is -2.54. The summed E-state index contributed by atoms with van der Waals surface area (Å²) < 4.78 is 91.7. The van der Waals surface area contributed by atoms with E-state index in [9.17, 15) is 31.1 Å². The van der Waals surface area contributed by atoms with Gasteiger partial charge in [-0.15, -0.1) is 0 Å². The maximum absolute atomic E-state index is 13.3. The molecule has 4 atom stereocenters. The van der Waals surface area contributed by atoms with Gasteiger partial charge in [-0.2, -0.15) is 26.3 Å². The lowest BCUT2D eigenvalue weighted by molar-refractivity contribution is -0.143. The van der Waals surface area contributed by atoms with Crippen LogP contribution >= 0.6 is 0 Å². The van der Waals surface area contributed by atoms with Crippen LogP contribution in [-0.2, 0) is 27.4 Å². The van der Waals surface area contributed by atoms with Crippen LogP contribution in [0.1, 0.15) is 61.5 Å². The zero-order chi connectivity index (χ0) is 28.4. The van der Waals surface area contributed by atoms with Gasteiger partial charge in [0.25, 0.3) is 0 Å². The first-order valence-corrected chi connectivity index (χ1v) is 12.9. The van der Waals surface area contributed by atoms with Crippen molar-refractivity contribution in [2.24, 2.45) is 5.92 Å². The Bertz CT molecular complexity index is 1100. The fourth-order valence-electron chi connectivity index (χ4n) is 5.11. The van der Waals surface area contributed by atoms with Crippen LogP contribution in [0.3, 0.4) is 0 Å². The van der Waals surface area contributed by atoms with Crippen LogP contribution in [-0.4, -0.2) is 43.3 Å². The molecular formula is C28H32F6N2O3. The Labute approximate surface area is 223 Å². The van der Waals surface area contributed by atoms with E-state index in [-0.39, 0.29) is 30.4 Å². The molecule has 5 nitrogen and oxygen atoms in total. The Morgan fingerprint density at radius 2 is 1.69 bits per heavy atom. The van der Waals surface area contributed by atoms with Crippen LogP contribution in [0.15, 0.2) is 48.5 Å². The molecule has 3 unspecified atom stereocenters. The van der Waals surface area contributed by atoms with Crippen LogP contribution in [0.5, 0.6) is 0 Å². The summed E-state index contributed by atoms with van der Waals surface area (Å²) in [5.41, 5.74) is -2.89. The molecule has 0 bridgehead atoms. The highest BCUT2D eigenvalue weighted by molar-refractivity contribution is 5.68. The molecule has 0 aliphatic carbocycles. The molecule has 0 spiro atoms. The quantitative estimate of drug-likeness (QED) is 0.391. The lowest BCUT2D eigenvalue weighted by Gasteiger charge is -2.42. The first-order valence-electron chi connectivity index (χ1n) is 12.9. The molecule has 39 heavy (non-hydrogen) atoms. The number of nitrogens with zero attached hydrogens (tertiary/aromatic N) is 1. The number of hydrogen-bond acceptors (Lipinski definition) is 4.